The highest BCUT2D eigenvalue weighted by molar-refractivity contribution is 6.30. The number of aromatic nitrogens is 1. The van der Waals surface area contributed by atoms with Gasteiger partial charge in [-0.1, -0.05) is 49.4 Å². The van der Waals surface area contributed by atoms with E-state index in [1.807, 2.05) is 35.7 Å². The fraction of sp³-hybridized carbons (Fsp3) is 0.160. The van der Waals surface area contributed by atoms with Gasteiger partial charge in [0.1, 0.15) is 11.3 Å². The number of fused-ring (bicyclic) bond motifs is 2. The Morgan fingerprint density at radius 3 is 2.62 bits per heavy atom. The highest BCUT2D eigenvalue weighted by Gasteiger charge is 2.22. The average molecular weight is 430 g/mol. The summed E-state index contributed by atoms with van der Waals surface area (Å²) in [6, 6.07) is 17.7. The van der Waals surface area contributed by atoms with Crippen molar-refractivity contribution in [1.82, 2.24) is 4.40 Å². The standard InChI is InChI=1S/C25H22N2O5/c1-2-18-20(13-17-9-5-8-16-7-3-4-10-19(16)17)27-12-6-11-21(32-15-23(30)31)25(27)24(18)26-22(29)14-28/h3-12,14H,2,13,15H2,1H3,(H,26,29)(H,30,31). The van der Waals surface area contributed by atoms with Gasteiger partial charge in [-0.15, -0.1) is 0 Å². The van der Waals surface area contributed by atoms with Crippen LogP contribution in [0.25, 0.3) is 16.3 Å². The SMILES string of the molecule is CCc1c(NC(=O)C=O)c2c(OCC(=O)O)cccn2c1Cc1cccc2ccccc12. The lowest BCUT2D eigenvalue weighted by molar-refractivity contribution is -0.139. The number of ether oxygens (including phenoxy) is 1. The largest absolute Gasteiger partial charge is 0.480 e. The van der Waals surface area contributed by atoms with Gasteiger partial charge < -0.3 is 19.6 Å². The molecule has 32 heavy (non-hydrogen) atoms. The summed E-state index contributed by atoms with van der Waals surface area (Å²) in [4.78, 5) is 34.1. The van der Waals surface area contributed by atoms with Gasteiger partial charge in [0.15, 0.2) is 6.61 Å². The Kier molecular flexibility index (Phi) is 5.89. The Bertz CT molecular complexity index is 1330. The number of aldehydes is 1. The van der Waals surface area contributed by atoms with Crippen molar-refractivity contribution < 1.29 is 24.2 Å². The maximum absolute atomic E-state index is 12.0. The first kappa shape index (κ1) is 21.1. The van der Waals surface area contributed by atoms with Gasteiger partial charge in [-0.3, -0.25) is 9.59 Å². The highest BCUT2D eigenvalue weighted by atomic mass is 16.5. The zero-order chi connectivity index (χ0) is 22.7. The quantitative estimate of drug-likeness (QED) is 0.327. The van der Waals surface area contributed by atoms with Crippen molar-refractivity contribution >= 4 is 40.1 Å². The van der Waals surface area contributed by atoms with Crippen molar-refractivity contribution in [3.8, 4) is 5.75 Å². The van der Waals surface area contributed by atoms with Crippen LogP contribution < -0.4 is 10.1 Å². The molecule has 0 aliphatic rings. The van der Waals surface area contributed by atoms with Gasteiger partial charge in [0.25, 0.3) is 5.91 Å². The number of carbonyl (C=O) groups is 3. The van der Waals surface area contributed by atoms with Gasteiger partial charge in [0.2, 0.25) is 6.29 Å². The predicted octanol–water partition coefficient (Wildman–Crippen LogP) is 3.85. The molecule has 2 heterocycles. The third-order valence-electron chi connectivity index (χ3n) is 5.43. The number of carboxylic acid groups (broad SMARTS) is 1. The van der Waals surface area contributed by atoms with E-state index in [9.17, 15) is 14.4 Å². The Hall–Kier alpha value is -4.13. The zero-order valence-corrected chi connectivity index (χ0v) is 17.5. The van der Waals surface area contributed by atoms with Crippen LogP contribution in [-0.2, 0) is 27.2 Å². The molecule has 2 aromatic carbocycles. The normalized spacial score (nSPS) is 10.9. The summed E-state index contributed by atoms with van der Waals surface area (Å²) in [5.74, 6) is -1.57. The van der Waals surface area contributed by atoms with Gasteiger partial charge >= 0.3 is 5.97 Å². The van der Waals surface area contributed by atoms with E-state index in [1.54, 1.807) is 12.1 Å². The molecule has 0 saturated heterocycles. The predicted molar refractivity (Wildman–Crippen MR) is 121 cm³/mol. The van der Waals surface area contributed by atoms with Crippen molar-refractivity contribution in [2.24, 2.45) is 0 Å². The minimum absolute atomic E-state index is 0.216. The molecule has 0 atom stereocenters. The molecule has 0 radical (unpaired) electrons. The van der Waals surface area contributed by atoms with Gasteiger partial charge in [-0.2, -0.15) is 0 Å². The fourth-order valence-electron chi connectivity index (χ4n) is 4.13. The molecule has 4 aromatic rings. The molecule has 0 aliphatic carbocycles. The monoisotopic (exact) mass is 430 g/mol. The zero-order valence-electron chi connectivity index (χ0n) is 17.5. The van der Waals surface area contributed by atoms with Crippen molar-refractivity contribution in [1.29, 1.82) is 0 Å². The molecule has 0 spiro atoms. The van der Waals surface area contributed by atoms with Crippen LogP contribution in [0.1, 0.15) is 23.7 Å². The smallest absolute Gasteiger partial charge is 0.341 e. The van der Waals surface area contributed by atoms with E-state index in [0.29, 0.717) is 29.8 Å². The van der Waals surface area contributed by atoms with Crippen LogP contribution in [0, 0.1) is 0 Å². The molecule has 7 nitrogen and oxygen atoms in total. The molecular weight excluding hydrogens is 408 g/mol. The second kappa shape index (κ2) is 8.93. The van der Waals surface area contributed by atoms with E-state index < -0.39 is 18.5 Å². The number of nitrogens with one attached hydrogen (secondary N) is 1. The molecule has 4 rings (SSSR count). The number of pyridine rings is 1. The number of carbonyl (C=O) groups excluding carboxylic acids is 2. The fourth-order valence-corrected chi connectivity index (χ4v) is 4.13. The van der Waals surface area contributed by atoms with Crippen LogP contribution in [0.5, 0.6) is 5.75 Å². The maximum atomic E-state index is 12.0. The van der Waals surface area contributed by atoms with E-state index in [-0.39, 0.29) is 6.29 Å². The van der Waals surface area contributed by atoms with E-state index in [0.717, 1.165) is 27.6 Å². The molecule has 2 aromatic heterocycles. The number of aliphatic carboxylic acids is 1. The average Bonchev–Trinajstić information content (AvgIpc) is 3.10. The number of anilines is 1. The summed E-state index contributed by atoms with van der Waals surface area (Å²) < 4.78 is 7.41. The second-order valence-electron chi connectivity index (χ2n) is 7.35. The summed E-state index contributed by atoms with van der Waals surface area (Å²) in [6.07, 6.45) is 3.23. The molecular formula is C25H22N2O5. The number of hydrogen-bond donors (Lipinski definition) is 2. The number of hydrogen-bond acceptors (Lipinski definition) is 4. The van der Waals surface area contributed by atoms with Crippen molar-refractivity contribution in [2.75, 3.05) is 11.9 Å². The number of amides is 1. The van der Waals surface area contributed by atoms with E-state index in [1.165, 1.54) is 0 Å². The first-order valence-corrected chi connectivity index (χ1v) is 10.3. The Morgan fingerprint density at radius 1 is 1.09 bits per heavy atom. The van der Waals surface area contributed by atoms with Crippen molar-refractivity contribution in [2.45, 2.75) is 19.8 Å². The molecule has 1 amide bonds. The number of nitrogens with zero attached hydrogens (tertiary/aromatic N) is 1. The van der Waals surface area contributed by atoms with Gasteiger partial charge in [0.05, 0.1) is 5.69 Å². The van der Waals surface area contributed by atoms with Crippen LogP contribution >= 0.6 is 0 Å². The number of rotatable bonds is 8. The lowest BCUT2D eigenvalue weighted by Gasteiger charge is -2.10. The number of benzene rings is 2. The Morgan fingerprint density at radius 2 is 1.88 bits per heavy atom. The molecule has 2 N–H and O–H groups in total. The number of carboxylic acids is 1. The summed E-state index contributed by atoms with van der Waals surface area (Å²) >= 11 is 0. The minimum atomic E-state index is -1.11. The minimum Gasteiger partial charge on any atom is -0.480 e. The lowest BCUT2D eigenvalue weighted by atomic mass is 9.98. The van der Waals surface area contributed by atoms with E-state index >= 15 is 0 Å². The third kappa shape index (κ3) is 3.92. The first-order valence-electron chi connectivity index (χ1n) is 10.3. The summed E-state index contributed by atoms with van der Waals surface area (Å²) in [5, 5.41) is 14.0. The molecule has 7 heteroatoms. The second-order valence-corrected chi connectivity index (χ2v) is 7.35. The highest BCUT2D eigenvalue weighted by Crippen LogP contribution is 2.37. The molecule has 162 valence electrons. The lowest BCUT2D eigenvalue weighted by Crippen LogP contribution is -2.14. The molecule has 0 aliphatic heterocycles. The van der Waals surface area contributed by atoms with Crippen molar-refractivity contribution in [3.63, 3.8) is 0 Å². The molecule has 0 unspecified atom stereocenters. The van der Waals surface area contributed by atoms with Crippen LogP contribution in [0.4, 0.5) is 5.69 Å². The Balaban J connectivity index is 1.93. The van der Waals surface area contributed by atoms with Gasteiger partial charge in [-0.25, -0.2) is 4.79 Å². The summed E-state index contributed by atoms with van der Waals surface area (Å²) in [6.45, 7) is 1.45. The van der Waals surface area contributed by atoms with E-state index in [4.69, 9.17) is 9.84 Å². The topological polar surface area (TPSA) is 97.1 Å². The molecule has 0 bridgehead atoms. The van der Waals surface area contributed by atoms with Gasteiger partial charge in [0, 0.05) is 18.3 Å². The Labute approximate surface area is 184 Å². The van der Waals surface area contributed by atoms with Gasteiger partial charge in [-0.05, 0) is 40.5 Å². The van der Waals surface area contributed by atoms with E-state index in [2.05, 4.69) is 29.6 Å². The molecule has 0 fully saturated rings. The van der Waals surface area contributed by atoms with Crippen LogP contribution in [0.3, 0.4) is 0 Å². The first-order chi connectivity index (χ1) is 15.5. The third-order valence-corrected chi connectivity index (χ3v) is 5.43. The van der Waals surface area contributed by atoms with Crippen LogP contribution in [0.15, 0.2) is 60.8 Å². The maximum Gasteiger partial charge on any atom is 0.341 e. The van der Waals surface area contributed by atoms with Crippen LogP contribution in [-0.4, -0.2) is 34.3 Å². The van der Waals surface area contributed by atoms with Crippen molar-refractivity contribution in [3.05, 3.63) is 77.6 Å². The summed E-state index contributed by atoms with van der Waals surface area (Å²) in [7, 11) is 0. The summed E-state index contributed by atoms with van der Waals surface area (Å²) in [5.41, 5.74) is 3.89. The van der Waals surface area contributed by atoms with Crippen LogP contribution in [0.2, 0.25) is 0 Å². The molecule has 0 saturated carbocycles.